The molecular formula is C23H27N3O2. The number of hydrogen-bond donors (Lipinski definition) is 2. The third kappa shape index (κ3) is 4.71. The molecule has 5 nitrogen and oxygen atoms in total. The van der Waals surface area contributed by atoms with Crippen molar-refractivity contribution in [3.8, 4) is 0 Å². The van der Waals surface area contributed by atoms with E-state index in [-0.39, 0.29) is 11.9 Å². The molecule has 1 heterocycles. The predicted molar refractivity (Wildman–Crippen MR) is 110 cm³/mol. The van der Waals surface area contributed by atoms with E-state index < -0.39 is 0 Å². The summed E-state index contributed by atoms with van der Waals surface area (Å²) in [6.45, 7) is 0.822. The fraction of sp³-hybridized carbons (Fsp3) is 0.391. The van der Waals surface area contributed by atoms with Crippen molar-refractivity contribution in [2.45, 2.75) is 50.6 Å². The molecule has 2 aromatic rings. The molecule has 1 aliphatic heterocycles. The number of urea groups is 1. The van der Waals surface area contributed by atoms with Crippen molar-refractivity contribution < 1.29 is 9.59 Å². The summed E-state index contributed by atoms with van der Waals surface area (Å²) in [6.07, 6.45) is 6.24. The van der Waals surface area contributed by atoms with Crippen LogP contribution < -0.4 is 10.6 Å². The standard InChI is InChI=1S/C23H27N3O2/c27-22(18-9-11-19(12-10-18)24-23(28)25-20-13-14-20)26-16-4-7-21(26)15-8-17-5-2-1-3-6-17/h1-3,5-6,9-12,20-21H,4,7-8,13-16H2,(H2,24,25,28). The third-order valence-electron chi connectivity index (χ3n) is 5.55. The Kier molecular flexibility index (Phi) is 5.60. The molecule has 1 unspecified atom stereocenters. The summed E-state index contributed by atoms with van der Waals surface area (Å²) in [5.74, 6) is 0.0875. The maximum atomic E-state index is 13.0. The van der Waals surface area contributed by atoms with Crippen molar-refractivity contribution in [3.05, 3.63) is 65.7 Å². The van der Waals surface area contributed by atoms with Crippen LogP contribution in [0, 0.1) is 0 Å². The molecule has 0 radical (unpaired) electrons. The van der Waals surface area contributed by atoms with E-state index in [4.69, 9.17) is 0 Å². The lowest BCUT2D eigenvalue weighted by atomic mass is 10.0. The first-order valence-corrected chi connectivity index (χ1v) is 10.2. The second-order valence-electron chi connectivity index (χ2n) is 7.77. The summed E-state index contributed by atoms with van der Waals surface area (Å²) in [6, 6.07) is 18.1. The molecule has 1 aliphatic carbocycles. The summed E-state index contributed by atoms with van der Waals surface area (Å²) in [5, 5.41) is 5.71. The normalized spacial score (nSPS) is 18.7. The number of likely N-dealkylation sites (tertiary alicyclic amines) is 1. The number of carbonyl (C=O) groups is 2. The van der Waals surface area contributed by atoms with E-state index in [1.54, 1.807) is 12.1 Å². The minimum Gasteiger partial charge on any atom is -0.336 e. The van der Waals surface area contributed by atoms with Crippen LogP contribution in [0.1, 0.15) is 48.0 Å². The van der Waals surface area contributed by atoms with Crippen LogP contribution in [0.2, 0.25) is 0 Å². The molecular weight excluding hydrogens is 350 g/mol. The van der Waals surface area contributed by atoms with E-state index in [2.05, 4.69) is 34.9 Å². The van der Waals surface area contributed by atoms with Gasteiger partial charge in [-0.2, -0.15) is 0 Å². The Morgan fingerprint density at radius 1 is 0.964 bits per heavy atom. The Bertz CT molecular complexity index is 816. The Morgan fingerprint density at radius 3 is 2.43 bits per heavy atom. The molecule has 1 atom stereocenters. The molecule has 4 rings (SSSR count). The number of anilines is 1. The average Bonchev–Trinajstić information content (AvgIpc) is 3.40. The zero-order chi connectivity index (χ0) is 19.3. The van der Waals surface area contributed by atoms with Crippen molar-refractivity contribution in [1.29, 1.82) is 0 Å². The van der Waals surface area contributed by atoms with Gasteiger partial charge in [-0.25, -0.2) is 4.79 Å². The minimum absolute atomic E-state index is 0.0875. The SMILES string of the molecule is O=C(Nc1ccc(C(=O)N2CCCC2CCc2ccccc2)cc1)NC1CC1. The molecule has 146 valence electrons. The van der Waals surface area contributed by atoms with E-state index in [1.165, 1.54) is 5.56 Å². The monoisotopic (exact) mass is 377 g/mol. The van der Waals surface area contributed by atoms with Gasteiger partial charge in [0.05, 0.1) is 0 Å². The van der Waals surface area contributed by atoms with Crippen LogP contribution in [-0.4, -0.2) is 35.5 Å². The van der Waals surface area contributed by atoms with Gasteiger partial charge in [0.2, 0.25) is 0 Å². The molecule has 2 aromatic carbocycles. The number of carbonyl (C=O) groups excluding carboxylic acids is 2. The fourth-order valence-electron chi connectivity index (χ4n) is 3.82. The van der Waals surface area contributed by atoms with Gasteiger partial charge >= 0.3 is 6.03 Å². The van der Waals surface area contributed by atoms with Crippen molar-refractivity contribution in [3.63, 3.8) is 0 Å². The van der Waals surface area contributed by atoms with E-state index >= 15 is 0 Å². The van der Waals surface area contributed by atoms with Gasteiger partial charge in [0.15, 0.2) is 0 Å². The highest BCUT2D eigenvalue weighted by Crippen LogP contribution is 2.25. The Hall–Kier alpha value is -2.82. The highest BCUT2D eigenvalue weighted by molar-refractivity contribution is 5.96. The van der Waals surface area contributed by atoms with Crippen molar-refractivity contribution >= 4 is 17.6 Å². The van der Waals surface area contributed by atoms with Crippen molar-refractivity contribution in [1.82, 2.24) is 10.2 Å². The largest absolute Gasteiger partial charge is 0.336 e. The van der Waals surface area contributed by atoms with Crippen LogP contribution in [-0.2, 0) is 6.42 Å². The zero-order valence-corrected chi connectivity index (χ0v) is 16.1. The van der Waals surface area contributed by atoms with Gasteiger partial charge in [0.25, 0.3) is 5.91 Å². The van der Waals surface area contributed by atoms with Gasteiger partial charge in [0.1, 0.15) is 0 Å². The number of nitrogens with zero attached hydrogens (tertiary/aromatic N) is 1. The zero-order valence-electron chi connectivity index (χ0n) is 16.1. The smallest absolute Gasteiger partial charge is 0.319 e. The lowest BCUT2D eigenvalue weighted by Gasteiger charge is -2.25. The maximum Gasteiger partial charge on any atom is 0.319 e. The van der Waals surface area contributed by atoms with Gasteiger partial charge in [-0.3, -0.25) is 4.79 Å². The first-order valence-electron chi connectivity index (χ1n) is 10.2. The fourth-order valence-corrected chi connectivity index (χ4v) is 3.82. The van der Waals surface area contributed by atoms with E-state index in [0.29, 0.717) is 23.3 Å². The third-order valence-corrected chi connectivity index (χ3v) is 5.55. The lowest BCUT2D eigenvalue weighted by molar-refractivity contribution is 0.0730. The van der Waals surface area contributed by atoms with E-state index in [1.807, 2.05) is 23.1 Å². The number of benzene rings is 2. The first kappa shape index (κ1) is 18.5. The Balaban J connectivity index is 1.33. The summed E-state index contributed by atoms with van der Waals surface area (Å²) in [5.41, 5.74) is 2.71. The van der Waals surface area contributed by atoms with Crippen LogP contribution in [0.5, 0.6) is 0 Å². The molecule has 0 bridgehead atoms. The molecule has 28 heavy (non-hydrogen) atoms. The summed E-state index contributed by atoms with van der Waals surface area (Å²) in [7, 11) is 0. The van der Waals surface area contributed by atoms with Crippen molar-refractivity contribution in [2.24, 2.45) is 0 Å². The molecule has 0 spiro atoms. The van der Waals surface area contributed by atoms with Crippen LogP contribution >= 0.6 is 0 Å². The van der Waals surface area contributed by atoms with Gasteiger partial charge in [-0.1, -0.05) is 30.3 Å². The minimum atomic E-state index is -0.179. The molecule has 1 saturated carbocycles. The van der Waals surface area contributed by atoms with Crippen LogP contribution in [0.4, 0.5) is 10.5 Å². The molecule has 2 aliphatic rings. The highest BCUT2D eigenvalue weighted by Gasteiger charge is 2.29. The van der Waals surface area contributed by atoms with Gasteiger partial charge in [0, 0.05) is 29.9 Å². The number of aryl methyl sites for hydroxylation is 1. The molecule has 5 heteroatoms. The van der Waals surface area contributed by atoms with Gasteiger partial charge in [-0.15, -0.1) is 0 Å². The molecule has 3 amide bonds. The maximum absolute atomic E-state index is 13.0. The number of rotatable bonds is 6. The summed E-state index contributed by atoms with van der Waals surface area (Å²) in [4.78, 5) is 26.8. The molecule has 2 fully saturated rings. The second kappa shape index (κ2) is 8.46. The number of nitrogens with one attached hydrogen (secondary N) is 2. The first-order chi connectivity index (χ1) is 13.7. The topological polar surface area (TPSA) is 61.4 Å². The summed E-state index contributed by atoms with van der Waals surface area (Å²) < 4.78 is 0. The van der Waals surface area contributed by atoms with Gasteiger partial charge < -0.3 is 15.5 Å². The Labute approximate surface area is 166 Å². The van der Waals surface area contributed by atoms with Gasteiger partial charge in [-0.05, 0) is 68.4 Å². The lowest BCUT2D eigenvalue weighted by Crippen LogP contribution is -2.35. The van der Waals surface area contributed by atoms with Crippen molar-refractivity contribution in [2.75, 3.05) is 11.9 Å². The number of hydrogen-bond acceptors (Lipinski definition) is 2. The molecule has 1 saturated heterocycles. The average molecular weight is 377 g/mol. The van der Waals surface area contributed by atoms with E-state index in [9.17, 15) is 9.59 Å². The van der Waals surface area contributed by atoms with Crippen LogP contribution in [0.3, 0.4) is 0 Å². The van der Waals surface area contributed by atoms with Crippen LogP contribution in [0.15, 0.2) is 54.6 Å². The van der Waals surface area contributed by atoms with E-state index in [0.717, 1.165) is 45.1 Å². The highest BCUT2D eigenvalue weighted by atomic mass is 16.2. The summed E-state index contributed by atoms with van der Waals surface area (Å²) >= 11 is 0. The molecule has 0 aromatic heterocycles. The van der Waals surface area contributed by atoms with Crippen LogP contribution in [0.25, 0.3) is 0 Å². The quantitative estimate of drug-likeness (QED) is 0.792. The Morgan fingerprint density at radius 2 is 1.71 bits per heavy atom. The number of amides is 3. The molecule has 2 N–H and O–H groups in total. The second-order valence-corrected chi connectivity index (χ2v) is 7.77. The predicted octanol–water partition coefficient (Wildman–Crippen LogP) is 4.21.